The Bertz CT molecular complexity index is 1170. The van der Waals surface area contributed by atoms with Crippen molar-refractivity contribution in [1.29, 1.82) is 0 Å². The van der Waals surface area contributed by atoms with Gasteiger partial charge in [-0.2, -0.15) is 4.98 Å². The molecule has 0 unspecified atom stereocenters. The minimum atomic E-state index is -0.350. The number of anilines is 1. The summed E-state index contributed by atoms with van der Waals surface area (Å²) in [6, 6.07) is 19.9. The molecule has 1 heterocycles. The van der Waals surface area contributed by atoms with Gasteiger partial charge < -0.3 is 14.6 Å². The molecule has 30 heavy (non-hydrogen) atoms. The number of hydrogen-bond donors (Lipinski definition) is 1. The van der Waals surface area contributed by atoms with E-state index in [1.54, 1.807) is 48.5 Å². The van der Waals surface area contributed by atoms with E-state index in [9.17, 15) is 9.18 Å². The van der Waals surface area contributed by atoms with Gasteiger partial charge in [-0.3, -0.25) is 4.79 Å². The van der Waals surface area contributed by atoms with Gasteiger partial charge >= 0.3 is 0 Å². The van der Waals surface area contributed by atoms with Crippen molar-refractivity contribution < 1.29 is 18.4 Å². The van der Waals surface area contributed by atoms with Crippen molar-refractivity contribution in [1.82, 2.24) is 10.1 Å². The number of carbonyl (C=O) groups excluding carboxylic acids is 1. The average molecular weight is 403 g/mol. The molecule has 3 aromatic carbocycles. The molecule has 7 heteroatoms. The first kappa shape index (κ1) is 19.3. The average Bonchev–Trinajstić information content (AvgIpc) is 3.26. The lowest BCUT2D eigenvalue weighted by Gasteiger charge is -2.12. The first-order chi connectivity index (χ1) is 14.7. The van der Waals surface area contributed by atoms with Gasteiger partial charge in [-0.25, -0.2) is 4.39 Å². The van der Waals surface area contributed by atoms with E-state index < -0.39 is 0 Å². The second-order valence-electron chi connectivity index (χ2n) is 6.36. The van der Waals surface area contributed by atoms with E-state index in [0.717, 1.165) is 0 Å². The predicted molar refractivity (Wildman–Crippen MR) is 111 cm³/mol. The van der Waals surface area contributed by atoms with E-state index in [1.807, 2.05) is 19.1 Å². The summed E-state index contributed by atoms with van der Waals surface area (Å²) in [7, 11) is 0. The van der Waals surface area contributed by atoms with E-state index in [2.05, 4.69) is 15.5 Å². The van der Waals surface area contributed by atoms with Crippen LogP contribution in [0.5, 0.6) is 5.75 Å². The Kier molecular flexibility index (Phi) is 5.52. The maximum atomic E-state index is 13.2. The summed E-state index contributed by atoms with van der Waals surface area (Å²) in [5, 5.41) is 6.83. The lowest BCUT2D eigenvalue weighted by Crippen LogP contribution is -2.14. The number of ether oxygens (including phenoxy) is 1. The van der Waals surface area contributed by atoms with E-state index in [1.165, 1.54) is 12.1 Å². The predicted octanol–water partition coefficient (Wildman–Crippen LogP) is 5.19. The molecular formula is C23H18FN3O3. The fourth-order valence-corrected chi connectivity index (χ4v) is 2.96. The van der Waals surface area contributed by atoms with Crippen molar-refractivity contribution in [2.24, 2.45) is 0 Å². The van der Waals surface area contributed by atoms with Crippen LogP contribution in [0.15, 0.2) is 77.3 Å². The van der Waals surface area contributed by atoms with Crippen LogP contribution in [0.2, 0.25) is 0 Å². The Morgan fingerprint density at radius 1 is 1.03 bits per heavy atom. The number of aromatic nitrogens is 2. The molecule has 150 valence electrons. The Morgan fingerprint density at radius 3 is 2.57 bits per heavy atom. The van der Waals surface area contributed by atoms with E-state index in [-0.39, 0.29) is 17.6 Å². The summed E-state index contributed by atoms with van der Waals surface area (Å²) >= 11 is 0. The molecule has 0 aliphatic carbocycles. The summed E-state index contributed by atoms with van der Waals surface area (Å²) in [6.45, 7) is 2.36. The van der Waals surface area contributed by atoms with Crippen molar-refractivity contribution in [3.05, 3.63) is 84.2 Å². The van der Waals surface area contributed by atoms with Crippen molar-refractivity contribution in [2.75, 3.05) is 11.9 Å². The van der Waals surface area contributed by atoms with Gasteiger partial charge in [-0.15, -0.1) is 0 Å². The standard InChI is InChI=1S/C23H18FN3O3/c1-2-29-20-10-6-5-9-19(20)25-22(28)17-7-3-4-8-18(17)23-26-21(27-30-23)15-11-13-16(24)14-12-15/h3-14H,2H2,1H3,(H,25,28). The van der Waals surface area contributed by atoms with Gasteiger partial charge in [0.25, 0.3) is 11.8 Å². The monoisotopic (exact) mass is 403 g/mol. The first-order valence-corrected chi connectivity index (χ1v) is 9.38. The second kappa shape index (κ2) is 8.57. The van der Waals surface area contributed by atoms with Gasteiger partial charge in [0.2, 0.25) is 5.82 Å². The van der Waals surface area contributed by atoms with Gasteiger partial charge in [-0.1, -0.05) is 29.4 Å². The topological polar surface area (TPSA) is 77.2 Å². The number of nitrogens with zero attached hydrogens (tertiary/aromatic N) is 2. The maximum Gasteiger partial charge on any atom is 0.259 e. The summed E-state index contributed by atoms with van der Waals surface area (Å²) in [4.78, 5) is 17.4. The normalized spacial score (nSPS) is 10.6. The summed E-state index contributed by atoms with van der Waals surface area (Å²) in [6.07, 6.45) is 0. The van der Waals surface area contributed by atoms with Crippen LogP contribution in [0.3, 0.4) is 0 Å². The molecule has 6 nitrogen and oxygen atoms in total. The number of hydrogen-bond acceptors (Lipinski definition) is 5. The molecule has 0 atom stereocenters. The van der Waals surface area contributed by atoms with Gasteiger partial charge in [-0.05, 0) is 55.5 Å². The van der Waals surface area contributed by atoms with Crippen LogP contribution >= 0.6 is 0 Å². The number of benzene rings is 3. The smallest absolute Gasteiger partial charge is 0.259 e. The zero-order chi connectivity index (χ0) is 20.9. The highest BCUT2D eigenvalue weighted by molar-refractivity contribution is 6.08. The molecule has 0 saturated carbocycles. The van der Waals surface area contributed by atoms with Crippen molar-refractivity contribution in [2.45, 2.75) is 6.92 Å². The third kappa shape index (κ3) is 4.05. The minimum absolute atomic E-state index is 0.193. The molecule has 0 bridgehead atoms. The zero-order valence-electron chi connectivity index (χ0n) is 16.1. The maximum absolute atomic E-state index is 13.2. The number of amides is 1. The lowest BCUT2D eigenvalue weighted by molar-refractivity contribution is 0.102. The number of rotatable bonds is 6. The van der Waals surface area contributed by atoms with Gasteiger partial charge in [0, 0.05) is 5.56 Å². The van der Waals surface area contributed by atoms with Crippen LogP contribution in [-0.2, 0) is 0 Å². The van der Waals surface area contributed by atoms with Crippen LogP contribution in [-0.4, -0.2) is 22.7 Å². The number of carbonyl (C=O) groups is 1. The molecule has 0 aliphatic rings. The molecule has 0 spiro atoms. The molecule has 0 fully saturated rings. The summed E-state index contributed by atoms with van der Waals surface area (Å²) in [5.74, 6) is 0.401. The highest BCUT2D eigenvalue weighted by Crippen LogP contribution is 2.28. The number of nitrogens with one attached hydrogen (secondary N) is 1. The van der Waals surface area contributed by atoms with Gasteiger partial charge in [0.1, 0.15) is 11.6 Å². The Morgan fingerprint density at radius 2 is 1.77 bits per heavy atom. The molecule has 0 saturated heterocycles. The molecule has 1 aromatic heterocycles. The number of para-hydroxylation sites is 2. The van der Waals surface area contributed by atoms with Crippen LogP contribution in [0.25, 0.3) is 22.8 Å². The van der Waals surface area contributed by atoms with Gasteiger partial charge in [0.05, 0.1) is 23.4 Å². The molecular weight excluding hydrogens is 385 g/mol. The van der Waals surface area contributed by atoms with Crippen molar-refractivity contribution in [3.63, 3.8) is 0 Å². The lowest BCUT2D eigenvalue weighted by atomic mass is 10.1. The van der Waals surface area contributed by atoms with E-state index in [4.69, 9.17) is 9.26 Å². The fourth-order valence-electron chi connectivity index (χ4n) is 2.96. The quantitative estimate of drug-likeness (QED) is 0.479. The third-order valence-electron chi connectivity index (χ3n) is 4.37. The van der Waals surface area contributed by atoms with Crippen LogP contribution < -0.4 is 10.1 Å². The summed E-state index contributed by atoms with van der Waals surface area (Å²) in [5.41, 5.74) is 2.04. The minimum Gasteiger partial charge on any atom is -0.492 e. The summed E-state index contributed by atoms with van der Waals surface area (Å²) < 4.78 is 24.1. The SMILES string of the molecule is CCOc1ccccc1NC(=O)c1ccccc1-c1nc(-c2ccc(F)cc2)no1. The third-order valence-corrected chi connectivity index (χ3v) is 4.37. The molecule has 0 radical (unpaired) electrons. The number of halogens is 1. The fraction of sp³-hybridized carbons (Fsp3) is 0.0870. The van der Waals surface area contributed by atoms with Crippen molar-refractivity contribution >= 4 is 11.6 Å². The first-order valence-electron chi connectivity index (χ1n) is 9.38. The molecule has 0 aliphatic heterocycles. The zero-order valence-corrected chi connectivity index (χ0v) is 16.1. The van der Waals surface area contributed by atoms with Crippen LogP contribution in [0.4, 0.5) is 10.1 Å². The van der Waals surface area contributed by atoms with Crippen LogP contribution in [0.1, 0.15) is 17.3 Å². The highest BCUT2D eigenvalue weighted by atomic mass is 19.1. The highest BCUT2D eigenvalue weighted by Gasteiger charge is 2.19. The molecule has 1 N–H and O–H groups in total. The van der Waals surface area contributed by atoms with E-state index in [0.29, 0.717) is 40.6 Å². The Hall–Kier alpha value is -4.00. The van der Waals surface area contributed by atoms with Crippen molar-refractivity contribution in [3.8, 4) is 28.6 Å². The molecule has 1 amide bonds. The second-order valence-corrected chi connectivity index (χ2v) is 6.36. The van der Waals surface area contributed by atoms with E-state index >= 15 is 0 Å². The Balaban J connectivity index is 1.63. The molecule has 4 aromatic rings. The largest absolute Gasteiger partial charge is 0.492 e. The van der Waals surface area contributed by atoms with Crippen LogP contribution in [0, 0.1) is 5.82 Å². The Labute approximate surface area is 172 Å². The van der Waals surface area contributed by atoms with Gasteiger partial charge in [0.15, 0.2) is 0 Å². The molecule has 4 rings (SSSR count).